The van der Waals surface area contributed by atoms with Gasteiger partial charge in [0.15, 0.2) is 0 Å². The Balaban J connectivity index is 1.72. The third kappa shape index (κ3) is 7.16. The van der Waals surface area contributed by atoms with Gasteiger partial charge in [0.05, 0.1) is 12.6 Å². The highest BCUT2D eigenvalue weighted by Crippen LogP contribution is 2.22. The lowest BCUT2D eigenvalue weighted by Crippen LogP contribution is -2.46. The van der Waals surface area contributed by atoms with Gasteiger partial charge in [-0.15, -0.1) is 0 Å². The molecule has 0 aliphatic heterocycles. The lowest BCUT2D eigenvalue weighted by Gasteiger charge is -2.26. The smallest absolute Gasteiger partial charge is 0.246 e. The molecule has 2 aromatic carbocycles. The van der Waals surface area contributed by atoms with Crippen molar-refractivity contribution in [1.29, 1.82) is 0 Å². The third-order valence-corrected chi connectivity index (χ3v) is 4.35. The molecular formula is C23H27NO5. The minimum atomic E-state index is -0.553. The Morgan fingerprint density at radius 1 is 0.966 bits per heavy atom. The van der Waals surface area contributed by atoms with Crippen LogP contribution in [-0.2, 0) is 14.3 Å². The number of aldehydes is 2. The van der Waals surface area contributed by atoms with Crippen LogP contribution < -0.4 is 10.1 Å². The zero-order valence-electron chi connectivity index (χ0n) is 17.0. The fourth-order valence-electron chi connectivity index (χ4n) is 2.55. The second-order valence-corrected chi connectivity index (χ2v) is 7.71. The Morgan fingerprint density at radius 2 is 1.55 bits per heavy atom. The monoisotopic (exact) mass is 397 g/mol. The zero-order chi connectivity index (χ0) is 21.3. The largest absolute Gasteiger partial charge is 0.491 e. The molecule has 154 valence electrons. The molecule has 0 heterocycles. The molecule has 1 atom stereocenters. The Hall–Kier alpha value is -2.99. The maximum atomic E-state index is 11.8. The van der Waals surface area contributed by atoms with E-state index in [4.69, 9.17) is 9.47 Å². The molecule has 0 bridgehead atoms. The third-order valence-electron chi connectivity index (χ3n) is 4.35. The van der Waals surface area contributed by atoms with Crippen LogP contribution in [-0.4, -0.2) is 44.3 Å². The Labute approximate surface area is 171 Å². The predicted octanol–water partition coefficient (Wildman–Crippen LogP) is 3.29. The van der Waals surface area contributed by atoms with E-state index in [0.717, 1.165) is 23.7 Å². The highest BCUT2D eigenvalue weighted by atomic mass is 16.5. The van der Waals surface area contributed by atoms with E-state index in [-0.39, 0.29) is 24.5 Å². The van der Waals surface area contributed by atoms with E-state index in [2.05, 4.69) is 5.32 Å². The van der Waals surface area contributed by atoms with Gasteiger partial charge in [-0.2, -0.15) is 0 Å². The maximum Gasteiger partial charge on any atom is 0.246 e. The molecule has 2 aromatic rings. The summed E-state index contributed by atoms with van der Waals surface area (Å²) in [6.45, 7) is 6.08. The quantitative estimate of drug-likeness (QED) is 0.491. The molecule has 0 fully saturated rings. The molecule has 0 aliphatic rings. The van der Waals surface area contributed by atoms with Crippen molar-refractivity contribution < 1.29 is 23.9 Å². The van der Waals surface area contributed by atoms with Gasteiger partial charge in [0, 0.05) is 5.56 Å². The summed E-state index contributed by atoms with van der Waals surface area (Å²) in [5.41, 5.74) is 2.33. The molecule has 0 radical (unpaired) electrons. The van der Waals surface area contributed by atoms with Gasteiger partial charge in [-0.1, -0.05) is 57.2 Å². The van der Waals surface area contributed by atoms with Crippen LogP contribution in [0.15, 0.2) is 48.5 Å². The minimum Gasteiger partial charge on any atom is -0.491 e. The molecule has 1 unspecified atom stereocenters. The van der Waals surface area contributed by atoms with Crippen molar-refractivity contribution in [3.63, 3.8) is 0 Å². The minimum absolute atomic E-state index is 0.125. The topological polar surface area (TPSA) is 81.7 Å². The van der Waals surface area contributed by atoms with Crippen molar-refractivity contribution in [2.75, 3.05) is 19.8 Å². The van der Waals surface area contributed by atoms with Gasteiger partial charge < -0.3 is 19.6 Å². The summed E-state index contributed by atoms with van der Waals surface area (Å²) < 4.78 is 10.9. The predicted molar refractivity (Wildman–Crippen MR) is 111 cm³/mol. The molecule has 0 saturated heterocycles. The van der Waals surface area contributed by atoms with Crippen LogP contribution in [0.1, 0.15) is 31.1 Å². The van der Waals surface area contributed by atoms with Crippen molar-refractivity contribution >= 4 is 18.5 Å². The first-order valence-corrected chi connectivity index (χ1v) is 9.44. The first-order valence-electron chi connectivity index (χ1n) is 9.44. The Bertz CT molecular complexity index is 807. The summed E-state index contributed by atoms with van der Waals surface area (Å²) in [6, 6.07) is 14.4. The standard InChI is InChI=1S/C23H27NO5/c1-23(2,3)21(15-26)24-22(27)16-28-12-13-29-20-10-8-19(9-11-20)18-6-4-17(14-25)5-7-18/h4-11,14-15,21H,12-13,16H2,1-3H3,(H,24,27). The number of nitrogens with one attached hydrogen (secondary N) is 1. The van der Waals surface area contributed by atoms with Crippen LogP contribution in [0.4, 0.5) is 0 Å². The van der Waals surface area contributed by atoms with E-state index >= 15 is 0 Å². The lowest BCUT2D eigenvalue weighted by molar-refractivity contribution is -0.129. The van der Waals surface area contributed by atoms with Crippen molar-refractivity contribution in [2.45, 2.75) is 26.8 Å². The highest BCUT2D eigenvalue weighted by Gasteiger charge is 2.25. The second kappa shape index (κ2) is 10.5. The molecule has 1 amide bonds. The average Bonchev–Trinajstić information content (AvgIpc) is 2.71. The molecule has 29 heavy (non-hydrogen) atoms. The van der Waals surface area contributed by atoms with Gasteiger partial charge in [0.1, 0.15) is 31.5 Å². The molecule has 6 heteroatoms. The second-order valence-electron chi connectivity index (χ2n) is 7.71. The van der Waals surface area contributed by atoms with E-state index in [9.17, 15) is 14.4 Å². The van der Waals surface area contributed by atoms with Crippen molar-refractivity contribution in [2.24, 2.45) is 5.41 Å². The first-order chi connectivity index (χ1) is 13.8. The number of hydrogen-bond donors (Lipinski definition) is 1. The number of benzene rings is 2. The average molecular weight is 397 g/mol. The normalized spacial score (nSPS) is 12.1. The van der Waals surface area contributed by atoms with Gasteiger partial charge in [0.2, 0.25) is 5.91 Å². The van der Waals surface area contributed by atoms with E-state index in [1.54, 1.807) is 12.1 Å². The van der Waals surface area contributed by atoms with Crippen LogP contribution in [0, 0.1) is 5.41 Å². The van der Waals surface area contributed by atoms with Gasteiger partial charge in [-0.3, -0.25) is 9.59 Å². The van der Waals surface area contributed by atoms with Crippen molar-refractivity contribution in [3.05, 3.63) is 54.1 Å². The molecule has 0 spiro atoms. The van der Waals surface area contributed by atoms with Crippen LogP contribution in [0.2, 0.25) is 0 Å². The van der Waals surface area contributed by atoms with Crippen molar-refractivity contribution in [1.82, 2.24) is 5.32 Å². The summed E-state index contributed by atoms with van der Waals surface area (Å²) in [4.78, 5) is 33.6. The van der Waals surface area contributed by atoms with Gasteiger partial charge in [0.25, 0.3) is 0 Å². The molecular weight excluding hydrogens is 370 g/mol. The van der Waals surface area contributed by atoms with Crippen LogP contribution in [0.5, 0.6) is 5.75 Å². The first kappa shape index (κ1) is 22.3. The molecule has 0 aromatic heterocycles. The number of hydrogen-bond acceptors (Lipinski definition) is 5. The summed E-state index contributed by atoms with van der Waals surface area (Å²) in [5, 5.41) is 2.65. The SMILES string of the molecule is CC(C)(C)C(C=O)NC(=O)COCCOc1ccc(-c2ccc(C=O)cc2)cc1. The molecule has 1 N–H and O–H groups in total. The van der Waals surface area contributed by atoms with E-state index in [1.807, 2.05) is 57.2 Å². The van der Waals surface area contributed by atoms with Crippen LogP contribution in [0.25, 0.3) is 11.1 Å². The van der Waals surface area contributed by atoms with E-state index in [0.29, 0.717) is 17.9 Å². The van der Waals surface area contributed by atoms with E-state index < -0.39 is 6.04 Å². The number of ether oxygens (including phenoxy) is 2. The zero-order valence-corrected chi connectivity index (χ0v) is 17.0. The summed E-state index contributed by atoms with van der Waals surface area (Å²) in [5.74, 6) is 0.363. The van der Waals surface area contributed by atoms with Crippen LogP contribution in [0.3, 0.4) is 0 Å². The Kier molecular flexibility index (Phi) is 8.09. The number of carbonyl (C=O) groups is 3. The number of carbonyl (C=O) groups excluding carboxylic acids is 3. The molecule has 0 saturated carbocycles. The number of amides is 1. The fraction of sp³-hybridized carbons (Fsp3) is 0.348. The molecule has 0 aliphatic carbocycles. The summed E-state index contributed by atoms with van der Waals surface area (Å²) >= 11 is 0. The number of rotatable bonds is 10. The molecule has 6 nitrogen and oxygen atoms in total. The van der Waals surface area contributed by atoms with Gasteiger partial charge >= 0.3 is 0 Å². The maximum absolute atomic E-state index is 11.8. The van der Waals surface area contributed by atoms with Gasteiger partial charge in [-0.05, 0) is 28.7 Å². The fourth-order valence-corrected chi connectivity index (χ4v) is 2.55. The Morgan fingerprint density at radius 3 is 2.07 bits per heavy atom. The van der Waals surface area contributed by atoms with E-state index in [1.165, 1.54) is 0 Å². The van der Waals surface area contributed by atoms with Gasteiger partial charge in [-0.25, -0.2) is 0 Å². The summed E-state index contributed by atoms with van der Waals surface area (Å²) in [7, 11) is 0. The highest BCUT2D eigenvalue weighted by molar-refractivity contribution is 5.81. The van der Waals surface area contributed by atoms with Crippen molar-refractivity contribution in [3.8, 4) is 16.9 Å². The lowest BCUT2D eigenvalue weighted by atomic mass is 9.88. The summed E-state index contributed by atoms with van der Waals surface area (Å²) in [6.07, 6.45) is 1.55. The molecule has 2 rings (SSSR count). The van der Waals surface area contributed by atoms with Crippen LogP contribution >= 0.6 is 0 Å².